The molecule has 92 valence electrons. The molecule has 3 rings (SSSR count). The molecule has 0 saturated carbocycles. The largest absolute Gasteiger partial charge is 0.338 e. The molecule has 0 bridgehead atoms. The van der Waals surface area contributed by atoms with Crippen molar-refractivity contribution in [2.24, 2.45) is 0 Å². The van der Waals surface area contributed by atoms with E-state index in [0.29, 0.717) is 0 Å². The van der Waals surface area contributed by atoms with E-state index in [9.17, 15) is 0 Å². The number of pyridine rings is 1. The Bertz CT molecular complexity index is 508. The minimum atomic E-state index is 0.811. The molecule has 1 fully saturated rings. The van der Waals surface area contributed by atoms with Crippen molar-refractivity contribution in [2.75, 3.05) is 31.1 Å². The van der Waals surface area contributed by atoms with Crippen molar-refractivity contribution in [1.82, 2.24) is 20.3 Å². The van der Waals surface area contributed by atoms with E-state index in [-0.39, 0.29) is 0 Å². The molecule has 0 aromatic carbocycles. The Morgan fingerprint density at radius 3 is 2.56 bits per heavy atom. The number of piperazine rings is 1. The third-order valence-electron chi connectivity index (χ3n) is 3.02. The first-order valence-corrected chi connectivity index (χ1v) is 6.12. The number of nitrogens with zero attached hydrogens (tertiary/aromatic N) is 4. The summed E-state index contributed by atoms with van der Waals surface area (Å²) in [6, 6.07) is 5.86. The van der Waals surface area contributed by atoms with Gasteiger partial charge in [0.2, 0.25) is 5.95 Å². The van der Waals surface area contributed by atoms with E-state index in [1.165, 1.54) is 0 Å². The normalized spacial score (nSPS) is 15.7. The zero-order valence-electron chi connectivity index (χ0n) is 10.1. The summed E-state index contributed by atoms with van der Waals surface area (Å²) < 4.78 is 0. The second kappa shape index (κ2) is 5.10. The molecule has 3 heterocycles. The third kappa shape index (κ3) is 2.31. The van der Waals surface area contributed by atoms with E-state index in [2.05, 4.69) is 25.2 Å². The Kier molecular flexibility index (Phi) is 3.14. The maximum absolute atomic E-state index is 4.63. The van der Waals surface area contributed by atoms with E-state index in [4.69, 9.17) is 0 Å². The zero-order chi connectivity index (χ0) is 12.2. The SMILES string of the molecule is c1cc(-c2ccnc(N3CCNCC3)n2)ccn1. The molecule has 5 heteroatoms. The van der Waals surface area contributed by atoms with Gasteiger partial charge in [-0.2, -0.15) is 0 Å². The van der Waals surface area contributed by atoms with Crippen molar-refractivity contribution in [3.05, 3.63) is 36.8 Å². The van der Waals surface area contributed by atoms with Crippen LogP contribution in [0.4, 0.5) is 5.95 Å². The standard InChI is InChI=1S/C13H15N5/c1-4-14-5-2-11(1)12-3-6-16-13(17-12)18-9-7-15-8-10-18/h1-6,15H,7-10H2. The molecule has 18 heavy (non-hydrogen) atoms. The molecule has 5 nitrogen and oxygen atoms in total. The van der Waals surface area contributed by atoms with Gasteiger partial charge in [-0.3, -0.25) is 4.98 Å². The Balaban J connectivity index is 1.89. The molecule has 0 unspecified atom stereocenters. The molecule has 0 atom stereocenters. The van der Waals surface area contributed by atoms with Gasteiger partial charge in [0, 0.05) is 50.3 Å². The molecule has 2 aromatic rings. The molecule has 0 spiro atoms. The van der Waals surface area contributed by atoms with Crippen LogP contribution in [0.1, 0.15) is 0 Å². The topological polar surface area (TPSA) is 53.9 Å². The number of anilines is 1. The van der Waals surface area contributed by atoms with Crippen LogP contribution in [0.2, 0.25) is 0 Å². The molecule has 1 N–H and O–H groups in total. The summed E-state index contributed by atoms with van der Waals surface area (Å²) in [5.74, 6) is 0.811. The van der Waals surface area contributed by atoms with Gasteiger partial charge in [0.25, 0.3) is 0 Å². The molecule has 0 amide bonds. The van der Waals surface area contributed by atoms with Crippen molar-refractivity contribution in [2.45, 2.75) is 0 Å². The minimum Gasteiger partial charge on any atom is -0.338 e. The first-order valence-electron chi connectivity index (χ1n) is 6.12. The first kappa shape index (κ1) is 11.1. The number of rotatable bonds is 2. The van der Waals surface area contributed by atoms with Gasteiger partial charge in [0.15, 0.2) is 0 Å². The summed E-state index contributed by atoms with van der Waals surface area (Å²) in [6.07, 6.45) is 5.38. The monoisotopic (exact) mass is 241 g/mol. The van der Waals surface area contributed by atoms with E-state index < -0.39 is 0 Å². The summed E-state index contributed by atoms with van der Waals surface area (Å²) in [5, 5.41) is 3.33. The molecule has 2 aromatic heterocycles. The minimum absolute atomic E-state index is 0.811. The number of nitrogens with one attached hydrogen (secondary N) is 1. The van der Waals surface area contributed by atoms with Crippen LogP contribution in [0.5, 0.6) is 0 Å². The lowest BCUT2D eigenvalue weighted by Crippen LogP contribution is -2.44. The predicted octanol–water partition coefficient (Wildman–Crippen LogP) is 0.948. The first-order chi connectivity index (χ1) is 8.93. The fraction of sp³-hybridized carbons (Fsp3) is 0.308. The van der Waals surface area contributed by atoms with Crippen LogP contribution in [-0.4, -0.2) is 41.1 Å². The molecular weight excluding hydrogens is 226 g/mol. The van der Waals surface area contributed by atoms with Crippen LogP contribution in [0.25, 0.3) is 11.3 Å². The van der Waals surface area contributed by atoms with Gasteiger partial charge < -0.3 is 10.2 Å². The molecule has 1 aliphatic heterocycles. The number of hydrogen-bond acceptors (Lipinski definition) is 5. The second-order valence-corrected chi connectivity index (χ2v) is 4.21. The smallest absolute Gasteiger partial charge is 0.225 e. The van der Waals surface area contributed by atoms with E-state index in [0.717, 1.165) is 43.4 Å². The van der Waals surface area contributed by atoms with Gasteiger partial charge in [0.1, 0.15) is 0 Å². The fourth-order valence-electron chi connectivity index (χ4n) is 2.05. The maximum atomic E-state index is 4.63. The zero-order valence-corrected chi connectivity index (χ0v) is 10.1. The van der Waals surface area contributed by atoms with Gasteiger partial charge >= 0.3 is 0 Å². The van der Waals surface area contributed by atoms with Crippen LogP contribution in [0.15, 0.2) is 36.8 Å². The van der Waals surface area contributed by atoms with Crippen molar-refractivity contribution in [3.8, 4) is 11.3 Å². The van der Waals surface area contributed by atoms with E-state index >= 15 is 0 Å². The van der Waals surface area contributed by atoms with Gasteiger partial charge in [-0.25, -0.2) is 9.97 Å². The lowest BCUT2D eigenvalue weighted by atomic mass is 10.2. The van der Waals surface area contributed by atoms with Crippen molar-refractivity contribution < 1.29 is 0 Å². The van der Waals surface area contributed by atoms with E-state index in [1.54, 1.807) is 12.4 Å². The van der Waals surface area contributed by atoms with Crippen LogP contribution in [-0.2, 0) is 0 Å². The van der Waals surface area contributed by atoms with Crippen LogP contribution >= 0.6 is 0 Å². The lowest BCUT2D eigenvalue weighted by Gasteiger charge is -2.27. The number of aromatic nitrogens is 3. The highest BCUT2D eigenvalue weighted by molar-refractivity contribution is 5.59. The van der Waals surface area contributed by atoms with Crippen LogP contribution < -0.4 is 10.2 Å². The highest BCUT2D eigenvalue weighted by Gasteiger charge is 2.13. The van der Waals surface area contributed by atoms with Gasteiger partial charge in [-0.05, 0) is 18.2 Å². The molecule has 0 aliphatic carbocycles. The molecular formula is C13H15N5. The Hall–Kier alpha value is -2.01. The molecule has 0 radical (unpaired) electrons. The third-order valence-corrected chi connectivity index (χ3v) is 3.02. The average molecular weight is 241 g/mol. The Morgan fingerprint density at radius 2 is 1.78 bits per heavy atom. The highest BCUT2D eigenvalue weighted by Crippen LogP contribution is 2.18. The maximum Gasteiger partial charge on any atom is 0.225 e. The highest BCUT2D eigenvalue weighted by atomic mass is 15.3. The second-order valence-electron chi connectivity index (χ2n) is 4.21. The van der Waals surface area contributed by atoms with Gasteiger partial charge in [-0.1, -0.05) is 0 Å². The van der Waals surface area contributed by atoms with Crippen LogP contribution in [0.3, 0.4) is 0 Å². The van der Waals surface area contributed by atoms with Crippen molar-refractivity contribution >= 4 is 5.95 Å². The number of hydrogen-bond donors (Lipinski definition) is 1. The average Bonchev–Trinajstić information content (AvgIpc) is 2.49. The summed E-state index contributed by atoms with van der Waals surface area (Å²) in [4.78, 5) is 15.2. The lowest BCUT2D eigenvalue weighted by molar-refractivity contribution is 0.580. The summed E-state index contributed by atoms with van der Waals surface area (Å²) in [7, 11) is 0. The van der Waals surface area contributed by atoms with Crippen LogP contribution in [0, 0.1) is 0 Å². The predicted molar refractivity (Wildman–Crippen MR) is 70.3 cm³/mol. The Labute approximate surface area is 106 Å². The summed E-state index contributed by atoms with van der Waals surface area (Å²) in [5.41, 5.74) is 2.02. The fourth-order valence-corrected chi connectivity index (χ4v) is 2.05. The summed E-state index contributed by atoms with van der Waals surface area (Å²) in [6.45, 7) is 3.89. The van der Waals surface area contributed by atoms with Crippen molar-refractivity contribution in [1.29, 1.82) is 0 Å². The molecule has 1 aliphatic rings. The Morgan fingerprint density at radius 1 is 1.00 bits per heavy atom. The van der Waals surface area contributed by atoms with Gasteiger partial charge in [0.05, 0.1) is 5.69 Å². The summed E-state index contributed by atoms with van der Waals surface area (Å²) >= 11 is 0. The quantitative estimate of drug-likeness (QED) is 0.848. The molecule has 1 saturated heterocycles. The van der Waals surface area contributed by atoms with Gasteiger partial charge in [-0.15, -0.1) is 0 Å². The van der Waals surface area contributed by atoms with E-state index in [1.807, 2.05) is 24.4 Å². The van der Waals surface area contributed by atoms with Crippen molar-refractivity contribution in [3.63, 3.8) is 0 Å².